The first-order valence-electron chi connectivity index (χ1n) is 15.8. The molecule has 2 aliphatic rings. The minimum Gasteiger partial charge on any atom is -0.421 e. The van der Waals surface area contributed by atoms with Crippen molar-refractivity contribution in [3.8, 4) is 0 Å². The Balaban J connectivity index is 0.000000846. The second-order valence-electron chi connectivity index (χ2n) is 11.7. The van der Waals surface area contributed by atoms with Gasteiger partial charge in [-0.1, -0.05) is 0 Å². The molecule has 2 rings (SSSR count). The van der Waals surface area contributed by atoms with Crippen molar-refractivity contribution >= 4 is 40.1 Å². The summed E-state index contributed by atoms with van der Waals surface area (Å²) in [6.07, 6.45) is 5.54. The second-order valence-corrected chi connectivity index (χ2v) is 18.6. The fourth-order valence-electron chi connectivity index (χ4n) is 4.89. The van der Waals surface area contributed by atoms with Gasteiger partial charge in [0.1, 0.15) is 13.1 Å². The zero-order valence-electron chi connectivity index (χ0n) is 29.2. The van der Waals surface area contributed by atoms with Gasteiger partial charge in [-0.2, -0.15) is 52.7 Å². The highest BCUT2D eigenvalue weighted by atomic mass is 32.3. The number of sulfonamides is 4. The van der Waals surface area contributed by atoms with E-state index >= 15 is 0 Å². The predicted molar refractivity (Wildman–Crippen MR) is 168 cm³/mol. The molecule has 0 saturated carbocycles. The van der Waals surface area contributed by atoms with Crippen LogP contribution in [0.1, 0.15) is 39.5 Å². The van der Waals surface area contributed by atoms with Gasteiger partial charge < -0.3 is 31.4 Å². The Kier molecular flexibility index (Phi) is 20.6. The number of likely N-dealkylation sites (tertiary alicyclic amines) is 2. The van der Waals surface area contributed by atoms with Crippen molar-refractivity contribution in [3.05, 3.63) is 8.25 Å². The third-order valence-corrected chi connectivity index (χ3v) is 13.6. The summed E-state index contributed by atoms with van der Waals surface area (Å²) in [4.78, 5) is 0. The molecule has 0 aromatic heterocycles. The van der Waals surface area contributed by atoms with Crippen LogP contribution in [0.4, 0.5) is 52.7 Å². The number of likely N-dealkylation sites (N-methyl/N-ethyl adjacent to an activating group) is 2. The van der Waals surface area contributed by atoms with E-state index in [9.17, 15) is 86.4 Å². The molecule has 0 atom stereocenters. The molecular weight excluding hydrogens is 877 g/mol. The zero-order valence-corrected chi connectivity index (χ0v) is 32.4. The number of halogens is 12. The van der Waals surface area contributed by atoms with Gasteiger partial charge in [-0.15, -0.1) is 0 Å². The molecule has 332 valence electrons. The van der Waals surface area contributed by atoms with Gasteiger partial charge in [-0.25, -0.2) is 33.7 Å². The summed E-state index contributed by atoms with van der Waals surface area (Å²) < 4.78 is 238. The summed E-state index contributed by atoms with van der Waals surface area (Å²) >= 11 is 0. The molecule has 2 fully saturated rings. The molecule has 0 amide bonds. The second kappa shape index (κ2) is 21.1. The summed E-state index contributed by atoms with van der Waals surface area (Å²) in [5, 5.41) is 0. The highest BCUT2D eigenvalue weighted by molar-refractivity contribution is 8.13. The Morgan fingerprint density at radius 2 is 0.618 bits per heavy atom. The van der Waals surface area contributed by atoms with Crippen LogP contribution < -0.4 is 0 Å². The molecule has 0 radical (unpaired) electrons. The van der Waals surface area contributed by atoms with Crippen LogP contribution >= 0.6 is 0 Å². The fourth-order valence-corrected chi connectivity index (χ4v) is 8.31. The molecule has 55 heavy (non-hydrogen) atoms. The lowest BCUT2D eigenvalue weighted by atomic mass is 10.4. The van der Waals surface area contributed by atoms with Crippen LogP contribution in [0.2, 0.25) is 0 Å². The third-order valence-electron chi connectivity index (χ3n) is 8.10. The van der Waals surface area contributed by atoms with Crippen molar-refractivity contribution < 1.29 is 110 Å². The van der Waals surface area contributed by atoms with Crippen molar-refractivity contribution in [1.82, 2.24) is 0 Å². The van der Waals surface area contributed by atoms with Crippen molar-refractivity contribution in [1.29, 1.82) is 0 Å². The van der Waals surface area contributed by atoms with Crippen molar-refractivity contribution in [2.45, 2.75) is 61.6 Å². The summed E-state index contributed by atoms with van der Waals surface area (Å²) in [5.41, 5.74) is -24.8. The highest BCUT2D eigenvalue weighted by Gasteiger charge is 2.48. The Morgan fingerprint density at radius 1 is 0.418 bits per heavy atom. The van der Waals surface area contributed by atoms with Crippen LogP contribution in [0.25, 0.3) is 8.25 Å². The molecule has 0 aromatic rings. The smallest absolute Gasteiger partial charge is 0.421 e. The molecule has 0 aromatic carbocycles. The van der Waals surface area contributed by atoms with Crippen LogP contribution in [-0.2, 0) is 54.3 Å². The van der Waals surface area contributed by atoms with E-state index in [-0.39, 0.29) is 0 Å². The lowest BCUT2D eigenvalue weighted by Gasteiger charge is -2.32. The number of alkyl halides is 12. The van der Waals surface area contributed by atoms with Gasteiger partial charge in [0.15, 0.2) is 40.1 Å². The van der Waals surface area contributed by atoms with Gasteiger partial charge >= 0.3 is 22.0 Å². The SMILES string of the molecule is CC[N+]1(CCOCCOCCOCC[N+]2(CC)CCCC2)CCCC1.O=S(=O)([N-]S(=O)(=O)C(F)(F)F)C(F)(F)F.O=S(=O)([N-]S(=O)(=O)C(F)(F)F)C(F)(F)F. The number of nitrogens with zero attached hydrogens (tertiary/aromatic N) is 4. The van der Waals surface area contributed by atoms with Gasteiger partial charge in [0, 0.05) is 25.7 Å². The maximum absolute atomic E-state index is 11.4. The number of quaternary nitrogens is 2. The van der Waals surface area contributed by atoms with Gasteiger partial charge in [-0.05, 0) is 13.8 Å². The Hall–Kier alpha value is -1.32. The van der Waals surface area contributed by atoms with E-state index < -0.39 is 62.1 Å². The topological polar surface area (TPSA) is 192 Å². The highest BCUT2D eigenvalue weighted by Crippen LogP contribution is 2.37. The summed E-state index contributed by atoms with van der Waals surface area (Å²) in [5.74, 6) is 0. The molecular formula is C24H42F12N4O11S4. The Bertz CT molecular complexity index is 1390. The number of hydrogen-bond donors (Lipinski definition) is 0. The van der Waals surface area contributed by atoms with Crippen LogP contribution in [0, 0.1) is 0 Å². The molecule has 0 spiro atoms. The minimum absolute atomic E-state index is 0.685. The van der Waals surface area contributed by atoms with E-state index in [0.717, 1.165) is 34.6 Å². The first-order valence-corrected chi connectivity index (χ1v) is 21.6. The lowest BCUT2D eigenvalue weighted by molar-refractivity contribution is -0.915. The Labute approximate surface area is 311 Å². The molecule has 15 nitrogen and oxygen atoms in total. The minimum atomic E-state index is -6.72. The summed E-state index contributed by atoms with van der Waals surface area (Å²) in [6, 6.07) is 0. The van der Waals surface area contributed by atoms with Crippen LogP contribution in [0.15, 0.2) is 0 Å². The van der Waals surface area contributed by atoms with E-state index in [2.05, 4.69) is 13.8 Å². The zero-order chi connectivity index (χ0) is 43.3. The maximum atomic E-state index is 11.4. The van der Waals surface area contributed by atoms with Gasteiger partial charge in [-0.3, -0.25) is 0 Å². The molecule has 2 aliphatic heterocycles. The molecule has 0 unspecified atom stereocenters. The largest absolute Gasteiger partial charge is 0.480 e. The van der Waals surface area contributed by atoms with E-state index in [1.165, 1.54) is 73.9 Å². The van der Waals surface area contributed by atoms with Crippen LogP contribution in [0.3, 0.4) is 0 Å². The lowest BCUT2D eigenvalue weighted by Crippen LogP contribution is -2.47. The summed E-state index contributed by atoms with van der Waals surface area (Å²) in [6.45, 7) is 19.3. The first-order chi connectivity index (χ1) is 24.7. The van der Waals surface area contributed by atoms with E-state index in [4.69, 9.17) is 14.2 Å². The molecule has 2 saturated heterocycles. The van der Waals surface area contributed by atoms with Crippen LogP contribution in [-0.4, -0.2) is 157 Å². The quantitative estimate of drug-likeness (QED) is 0.107. The fraction of sp³-hybridized carbons (Fsp3) is 1.00. The maximum Gasteiger partial charge on any atom is 0.480 e. The van der Waals surface area contributed by atoms with Crippen molar-refractivity contribution in [2.75, 3.05) is 92.0 Å². The van der Waals surface area contributed by atoms with Crippen LogP contribution in [0.5, 0.6) is 0 Å². The van der Waals surface area contributed by atoms with Gasteiger partial charge in [0.05, 0.1) is 78.9 Å². The molecule has 0 aliphatic carbocycles. The predicted octanol–water partition coefficient (Wildman–Crippen LogP) is 4.42. The van der Waals surface area contributed by atoms with E-state index in [1.54, 1.807) is 0 Å². The third kappa shape index (κ3) is 18.0. The molecule has 2 heterocycles. The van der Waals surface area contributed by atoms with Gasteiger partial charge in [0.25, 0.3) is 0 Å². The monoisotopic (exact) mass is 918 g/mol. The summed E-state index contributed by atoms with van der Waals surface area (Å²) in [7, 11) is -26.9. The standard InChI is InChI=1S/C20H42N2O3.2C2F6NO4S2/c1-3-21(9-5-6-10-21)13-15-23-17-19-25-20-18-24-16-14-22(4-2)11-7-8-12-22;2*3-1(4,5)14(10,11)9-15(12,13)2(6,7)8/h3-20H2,1-2H3;;/q+2;2*-1. The van der Waals surface area contributed by atoms with E-state index in [1.807, 2.05) is 0 Å². The molecule has 31 heteroatoms. The Morgan fingerprint density at radius 3 is 0.800 bits per heavy atom. The normalized spacial score (nSPS) is 18.3. The number of ether oxygens (including phenoxy) is 3. The molecule has 0 N–H and O–H groups in total. The number of rotatable bonds is 18. The van der Waals surface area contributed by atoms with Crippen molar-refractivity contribution in [3.63, 3.8) is 0 Å². The van der Waals surface area contributed by atoms with Crippen molar-refractivity contribution in [2.24, 2.45) is 0 Å². The molecule has 0 bridgehead atoms. The van der Waals surface area contributed by atoms with E-state index in [0.29, 0.717) is 26.4 Å². The average Bonchev–Trinajstić information content (AvgIpc) is 3.68. The average molecular weight is 919 g/mol. The number of hydrogen-bond acceptors (Lipinski definition) is 11. The van der Waals surface area contributed by atoms with Gasteiger partial charge in [0.2, 0.25) is 0 Å². The first kappa shape index (κ1) is 53.7.